The fraction of sp³-hybridized carbons (Fsp3) is 0.348. The number of hydrogen-bond donors (Lipinski definition) is 1. The molecular weight excluding hydrogens is 366 g/mol. The van der Waals surface area contributed by atoms with Gasteiger partial charge in [0.1, 0.15) is 0 Å². The molecule has 0 unspecified atom stereocenters. The average molecular weight is 393 g/mol. The lowest BCUT2D eigenvalue weighted by atomic mass is 10.0. The molecule has 0 saturated carbocycles. The number of nitrogens with zero attached hydrogens (tertiary/aromatic N) is 2. The highest BCUT2D eigenvalue weighted by Crippen LogP contribution is 2.28. The third-order valence-corrected chi connectivity index (χ3v) is 5.15. The van der Waals surface area contributed by atoms with Gasteiger partial charge in [0.2, 0.25) is 11.8 Å². The summed E-state index contributed by atoms with van der Waals surface area (Å²) < 4.78 is 0. The zero-order valence-electron chi connectivity index (χ0n) is 17.3. The zero-order valence-corrected chi connectivity index (χ0v) is 17.3. The first-order valence-corrected chi connectivity index (χ1v) is 9.79. The number of rotatable bonds is 5. The second kappa shape index (κ2) is 8.47. The van der Waals surface area contributed by atoms with Gasteiger partial charge in [-0.1, -0.05) is 26.0 Å². The molecule has 1 fully saturated rings. The summed E-state index contributed by atoms with van der Waals surface area (Å²) in [6.07, 6.45) is 0.189. The first-order chi connectivity index (χ1) is 13.8. The zero-order chi connectivity index (χ0) is 21.1. The van der Waals surface area contributed by atoms with Crippen LogP contribution in [-0.4, -0.2) is 43.3 Å². The molecule has 0 aromatic heterocycles. The Hall–Kier alpha value is -3.15. The lowest BCUT2D eigenvalue weighted by Gasteiger charge is -2.18. The van der Waals surface area contributed by atoms with Crippen LogP contribution in [0, 0.1) is 5.92 Å². The van der Waals surface area contributed by atoms with Crippen molar-refractivity contribution in [1.82, 2.24) is 4.90 Å². The Bertz CT molecular complexity index is 919. The molecule has 2 aromatic rings. The van der Waals surface area contributed by atoms with Crippen LogP contribution in [0.5, 0.6) is 0 Å². The van der Waals surface area contributed by atoms with E-state index in [2.05, 4.69) is 19.2 Å². The smallest absolute Gasteiger partial charge is 0.253 e. The van der Waals surface area contributed by atoms with E-state index in [9.17, 15) is 14.4 Å². The summed E-state index contributed by atoms with van der Waals surface area (Å²) in [6, 6.07) is 14.7. The highest BCUT2D eigenvalue weighted by molar-refractivity contribution is 6.03. The third kappa shape index (κ3) is 4.65. The standard InChI is InChI=1S/C23H27N3O3/c1-15(2)17-6-5-7-20(12-17)26-14-18(13-21(26)27)22(28)24-19-10-8-16(9-11-19)23(29)25(3)4/h5-12,15,18H,13-14H2,1-4H3,(H,24,28)/t18-/m0/s1. The Morgan fingerprint density at radius 1 is 1.10 bits per heavy atom. The molecule has 0 bridgehead atoms. The lowest BCUT2D eigenvalue weighted by molar-refractivity contribution is -0.122. The summed E-state index contributed by atoms with van der Waals surface area (Å²) in [5.74, 6) is -0.364. The number of carbonyl (C=O) groups is 3. The molecule has 6 heteroatoms. The summed E-state index contributed by atoms with van der Waals surface area (Å²) in [7, 11) is 3.38. The first-order valence-electron chi connectivity index (χ1n) is 9.79. The molecule has 0 aliphatic carbocycles. The van der Waals surface area contributed by atoms with Crippen LogP contribution in [0.4, 0.5) is 11.4 Å². The molecular formula is C23H27N3O3. The molecule has 29 heavy (non-hydrogen) atoms. The minimum absolute atomic E-state index is 0.0435. The largest absolute Gasteiger partial charge is 0.345 e. The quantitative estimate of drug-likeness (QED) is 0.845. The monoisotopic (exact) mass is 393 g/mol. The SMILES string of the molecule is CC(C)c1cccc(N2C[C@@H](C(=O)Nc3ccc(C(=O)N(C)C)cc3)CC2=O)c1. The second-order valence-corrected chi connectivity index (χ2v) is 7.92. The molecule has 1 atom stereocenters. The molecule has 0 spiro atoms. The van der Waals surface area contributed by atoms with E-state index < -0.39 is 5.92 Å². The minimum Gasteiger partial charge on any atom is -0.345 e. The van der Waals surface area contributed by atoms with Crippen LogP contribution in [0.2, 0.25) is 0 Å². The van der Waals surface area contributed by atoms with Crippen LogP contribution in [0.1, 0.15) is 42.1 Å². The van der Waals surface area contributed by atoms with Crippen molar-refractivity contribution in [2.75, 3.05) is 30.9 Å². The third-order valence-electron chi connectivity index (χ3n) is 5.15. The van der Waals surface area contributed by atoms with Gasteiger partial charge >= 0.3 is 0 Å². The van der Waals surface area contributed by atoms with E-state index in [0.29, 0.717) is 23.7 Å². The second-order valence-electron chi connectivity index (χ2n) is 7.92. The highest BCUT2D eigenvalue weighted by Gasteiger charge is 2.35. The van der Waals surface area contributed by atoms with E-state index in [4.69, 9.17) is 0 Å². The van der Waals surface area contributed by atoms with Gasteiger partial charge in [0.25, 0.3) is 5.91 Å². The summed E-state index contributed by atoms with van der Waals surface area (Å²) in [5, 5.41) is 2.86. The van der Waals surface area contributed by atoms with E-state index >= 15 is 0 Å². The van der Waals surface area contributed by atoms with Crippen molar-refractivity contribution in [3.05, 3.63) is 59.7 Å². The van der Waals surface area contributed by atoms with Crippen molar-refractivity contribution >= 4 is 29.1 Å². The van der Waals surface area contributed by atoms with Gasteiger partial charge in [-0.25, -0.2) is 0 Å². The topological polar surface area (TPSA) is 69.7 Å². The number of carbonyl (C=O) groups excluding carboxylic acids is 3. The van der Waals surface area contributed by atoms with Crippen molar-refractivity contribution in [3.63, 3.8) is 0 Å². The predicted molar refractivity (Wildman–Crippen MR) is 114 cm³/mol. The Kier molecular flexibility index (Phi) is 6.01. The number of nitrogens with one attached hydrogen (secondary N) is 1. The first kappa shape index (κ1) is 20.6. The van der Waals surface area contributed by atoms with Crippen LogP contribution in [0.25, 0.3) is 0 Å². The van der Waals surface area contributed by atoms with Crippen molar-refractivity contribution in [2.45, 2.75) is 26.2 Å². The fourth-order valence-electron chi connectivity index (χ4n) is 3.38. The highest BCUT2D eigenvalue weighted by atomic mass is 16.2. The average Bonchev–Trinajstić information content (AvgIpc) is 3.10. The molecule has 1 N–H and O–H groups in total. The summed E-state index contributed by atoms with van der Waals surface area (Å²) in [5.41, 5.74) is 3.16. The van der Waals surface area contributed by atoms with Gasteiger partial charge in [-0.05, 0) is 47.9 Å². The normalized spacial score (nSPS) is 16.2. The van der Waals surface area contributed by atoms with Gasteiger partial charge in [0.15, 0.2) is 0 Å². The summed E-state index contributed by atoms with van der Waals surface area (Å²) in [4.78, 5) is 40.3. The van der Waals surface area contributed by atoms with Crippen molar-refractivity contribution < 1.29 is 14.4 Å². The molecule has 1 aliphatic rings. The lowest BCUT2D eigenvalue weighted by Crippen LogP contribution is -2.28. The van der Waals surface area contributed by atoms with Gasteiger partial charge in [-0.3, -0.25) is 14.4 Å². The molecule has 2 aromatic carbocycles. The Balaban J connectivity index is 1.66. The molecule has 1 heterocycles. The van der Waals surface area contributed by atoms with Gasteiger partial charge < -0.3 is 15.1 Å². The molecule has 6 nitrogen and oxygen atoms in total. The van der Waals surface area contributed by atoms with E-state index in [1.807, 2.05) is 24.3 Å². The Morgan fingerprint density at radius 3 is 2.41 bits per heavy atom. The van der Waals surface area contributed by atoms with Crippen LogP contribution < -0.4 is 10.2 Å². The molecule has 3 rings (SSSR count). The van der Waals surface area contributed by atoms with E-state index in [1.54, 1.807) is 43.3 Å². The molecule has 152 valence electrons. The van der Waals surface area contributed by atoms with Crippen LogP contribution in [0.15, 0.2) is 48.5 Å². The summed E-state index contributed by atoms with van der Waals surface area (Å²) >= 11 is 0. The minimum atomic E-state index is -0.409. The van der Waals surface area contributed by atoms with Crippen molar-refractivity contribution in [1.29, 1.82) is 0 Å². The van der Waals surface area contributed by atoms with Crippen LogP contribution in [-0.2, 0) is 9.59 Å². The number of benzene rings is 2. The fourth-order valence-corrected chi connectivity index (χ4v) is 3.38. The molecule has 1 saturated heterocycles. The maximum Gasteiger partial charge on any atom is 0.253 e. The number of anilines is 2. The Morgan fingerprint density at radius 2 is 1.79 bits per heavy atom. The number of amides is 3. The number of hydrogen-bond acceptors (Lipinski definition) is 3. The molecule has 3 amide bonds. The summed E-state index contributed by atoms with van der Waals surface area (Å²) in [6.45, 7) is 4.58. The molecule has 0 radical (unpaired) electrons. The van der Waals surface area contributed by atoms with E-state index in [0.717, 1.165) is 11.3 Å². The van der Waals surface area contributed by atoms with Gasteiger partial charge in [0.05, 0.1) is 5.92 Å². The maximum atomic E-state index is 12.7. The van der Waals surface area contributed by atoms with Crippen LogP contribution in [0.3, 0.4) is 0 Å². The Labute approximate surface area is 171 Å². The van der Waals surface area contributed by atoms with Crippen molar-refractivity contribution in [2.24, 2.45) is 5.92 Å². The van der Waals surface area contributed by atoms with Crippen molar-refractivity contribution in [3.8, 4) is 0 Å². The predicted octanol–water partition coefficient (Wildman–Crippen LogP) is 3.50. The van der Waals surface area contributed by atoms with Gasteiger partial charge in [0, 0.05) is 44.0 Å². The van der Waals surface area contributed by atoms with Crippen LogP contribution >= 0.6 is 0 Å². The van der Waals surface area contributed by atoms with Gasteiger partial charge in [-0.15, -0.1) is 0 Å². The molecule has 1 aliphatic heterocycles. The van der Waals surface area contributed by atoms with E-state index in [1.165, 1.54) is 4.90 Å². The van der Waals surface area contributed by atoms with Gasteiger partial charge in [-0.2, -0.15) is 0 Å². The van der Waals surface area contributed by atoms with E-state index in [-0.39, 0.29) is 24.1 Å². The maximum absolute atomic E-state index is 12.7.